The third kappa shape index (κ3) is 3.34. The van der Waals surface area contributed by atoms with Crippen LogP contribution in [-0.4, -0.2) is 8.07 Å². The summed E-state index contributed by atoms with van der Waals surface area (Å²) in [5, 5.41) is 15.5. The molecule has 1 aliphatic carbocycles. The minimum Gasteiger partial charge on any atom is -0.226 e. The lowest BCUT2D eigenvalue weighted by atomic mass is 9.94. The number of hydrogen-bond donors (Lipinski definition) is 0. The van der Waals surface area contributed by atoms with Crippen molar-refractivity contribution in [3.63, 3.8) is 0 Å². The molecule has 0 bridgehead atoms. The van der Waals surface area contributed by atoms with Gasteiger partial charge < -0.3 is 0 Å². The Morgan fingerprint density at radius 2 is 1.33 bits per heavy atom. The first-order valence-corrected chi connectivity index (χ1v) is 17.9. The van der Waals surface area contributed by atoms with E-state index in [9.17, 15) is 5.26 Å². The fraction of sp³-hybridized carbons (Fsp3) is 0.0526. The molecular formula is C38H24N2SSi. The molecule has 5 aromatic carbocycles. The topological polar surface area (TPSA) is 28.1 Å². The van der Waals surface area contributed by atoms with E-state index in [1.165, 1.54) is 47.6 Å². The third-order valence-corrected chi connectivity index (χ3v) is 13.7. The first-order valence-electron chi connectivity index (χ1n) is 14.0. The van der Waals surface area contributed by atoms with Crippen LogP contribution in [0.25, 0.3) is 64.3 Å². The first-order chi connectivity index (χ1) is 20.5. The molecule has 0 saturated carbocycles. The summed E-state index contributed by atoms with van der Waals surface area (Å²) in [5.74, 6) is 0. The number of fused-ring (bicyclic) bond motifs is 5. The fourth-order valence-electron chi connectivity index (χ4n) is 7.02. The van der Waals surface area contributed by atoms with Gasteiger partial charge in [-0.05, 0) is 83.9 Å². The minimum absolute atomic E-state index is 0.143. The van der Waals surface area contributed by atoms with Gasteiger partial charge in [-0.3, -0.25) is 0 Å². The average molecular weight is 569 g/mol. The molecule has 0 N–H and O–H groups in total. The van der Waals surface area contributed by atoms with Gasteiger partial charge >= 0.3 is 0 Å². The highest BCUT2D eigenvalue weighted by atomic mass is 32.1. The van der Waals surface area contributed by atoms with Crippen LogP contribution in [0.2, 0.25) is 13.1 Å². The van der Waals surface area contributed by atoms with Gasteiger partial charge in [0.15, 0.2) is 0 Å². The molecular weight excluding hydrogens is 545 g/mol. The van der Waals surface area contributed by atoms with Crippen LogP contribution < -0.4 is 10.4 Å². The summed E-state index contributed by atoms with van der Waals surface area (Å²) in [6.45, 7) is 12.5. The highest BCUT2D eigenvalue weighted by Crippen LogP contribution is 2.48. The Hall–Kier alpha value is -5.00. The zero-order valence-electron chi connectivity index (χ0n) is 23.2. The molecule has 1 aliphatic heterocycles. The van der Waals surface area contributed by atoms with E-state index in [4.69, 9.17) is 6.57 Å². The van der Waals surface area contributed by atoms with Crippen LogP contribution in [0.4, 0.5) is 0 Å². The first kappa shape index (κ1) is 24.8. The van der Waals surface area contributed by atoms with E-state index in [1.54, 1.807) is 0 Å². The Balaban J connectivity index is 1.27. The zero-order chi connectivity index (χ0) is 28.6. The minimum atomic E-state index is -1.83. The molecule has 2 aliphatic rings. The quantitative estimate of drug-likeness (QED) is 0.116. The summed E-state index contributed by atoms with van der Waals surface area (Å²) in [7, 11) is -1.83. The van der Waals surface area contributed by atoms with Gasteiger partial charge in [0.1, 0.15) is 8.07 Å². The molecule has 4 heteroatoms. The number of thiophene rings is 1. The number of nitrogens with zero attached hydrogens (tertiary/aromatic N) is 2. The van der Waals surface area contributed by atoms with Gasteiger partial charge in [-0.1, -0.05) is 104 Å². The Bertz CT molecular complexity index is 2240. The maximum Gasteiger partial charge on any atom is 0.270 e. The lowest BCUT2D eigenvalue weighted by Crippen LogP contribution is -2.55. The molecule has 8 rings (SSSR count). The molecule has 0 atom stereocenters. The molecule has 6 aromatic rings. The summed E-state index contributed by atoms with van der Waals surface area (Å²) in [4.78, 5) is 6.01. The van der Waals surface area contributed by atoms with Crippen LogP contribution in [0.3, 0.4) is 0 Å². The highest BCUT2D eigenvalue weighted by molar-refractivity contribution is 7.19. The van der Waals surface area contributed by atoms with Crippen molar-refractivity contribution in [2.45, 2.75) is 13.1 Å². The van der Waals surface area contributed by atoms with Crippen molar-refractivity contribution in [2.24, 2.45) is 0 Å². The predicted molar refractivity (Wildman–Crippen MR) is 179 cm³/mol. The molecule has 0 unspecified atom stereocenters. The smallest absolute Gasteiger partial charge is 0.226 e. The number of allylic oxidation sites excluding steroid dienone is 1. The van der Waals surface area contributed by atoms with Crippen molar-refractivity contribution in [3.05, 3.63) is 137 Å². The summed E-state index contributed by atoms with van der Waals surface area (Å²) in [6, 6.07) is 41.6. The van der Waals surface area contributed by atoms with E-state index in [-0.39, 0.29) is 5.70 Å². The van der Waals surface area contributed by atoms with Gasteiger partial charge in [-0.25, -0.2) is 10.1 Å². The van der Waals surface area contributed by atoms with E-state index in [0.29, 0.717) is 0 Å². The third-order valence-electron chi connectivity index (χ3n) is 8.99. The van der Waals surface area contributed by atoms with Gasteiger partial charge in [-0.15, -0.1) is 11.3 Å². The second-order valence-electron chi connectivity index (χ2n) is 11.5. The van der Waals surface area contributed by atoms with Crippen molar-refractivity contribution in [1.82, 2.24) is 0 Å². The molecule has 0 amide bonds. The van der Waals surface area contributed by atoms with Crippen molar-refractivity contribution >= 4 is 46.1 Å². The molecule has 0 spiro atoms. The molecule has 196 valence electrons. The Morgan fingerprint density at radius 3 is 2.14 bits per heavy atom. The van der Waals surface area contributed by atoms with Gasteiger partial charge in [0.25, 0.3) is 5.70 Å². The van der Waals surface area contributed by atoms with E-state index < -0.39 is 8.07 Å². The largest absolute Gasteiger partial charge is 0.270 e. The number of hydrogen-bond acceptors (Lipinski definition) is 2. The molecule has 2 heterocycles. The van der Waals surface area contributed by atoms with Crippen LogP contribution >= 0.6 is 11.3 Å². The van der Waals surface area contributed by atoms with Gasteiger partial charge in [-0.2, -0.15) is 0 Å². The molecule has 2 nitrogen and oxygen atoms in total. The summed E-state index contributed by atoms with van der Waals surface area (Å²) in [6.07, 6.45) is 0. The lowest BCUT2D eigenvalue weighted by Gasteiger charge is -2.33. The molecule has 0 saturated heterocycles. The molecule has 1 aromatic heterocycles. The predicted octanol–water partition coefficient (Wildman–Crippen LogP) is 9.22. The SMILES string of the molecule is [C-]#[N+]/C(C#N)=C1/c2ccccc2-c2cc(-c3ccc(-c4ccc5c6c(cccc46)[Si](C)(C)c4ccccc4-5)s3)ccc21. The Labute approximate surface area is 250 Å². The second kappa shape index (κ2) is 9.00. The van der Waals surface area contributed by atoms with E-state index in [0.717, 1.165) is 33.4 Å². The van der Waals surface area contributed by atoms with Crippen LogP contribution in [-0.2, 0) is 0 Å². The van der Waals surface area contributed by atoms with Gasteiger partial charge in [0.05, 0.1) is 12.6 Å². The van der Waals surface area contributed by atoms with Crippen molar-refractivity contribution < 1.29 is 0 Å². The number of nitriles is 1. The van der Waals surface area contributed by atoms with Gasteiger partial charge in [0.2, 0.25) is 0 Å². The Kier molecular flexibility index (Phi) is 5.31. The normalized spacial score (nSPS) is 14.9. The maximum atomic E-state index is 9.67. The van der Waals surface area contributed by atoms with E-state index >= 15 is 0 Å². The zero-order valence-corrected chi connectivity index (χ0v) is 25.0. The monoisotopic (exact) mass is 568 g/mol. The number of benzene rings is 5. The Morgan fingerprint density at radius 1 is 0.667 bits per heavy atom. The van der Waals surface area contributed by atoms with Crippen molar-refractivity contribution in [3.8, 4) is 49.2 Å². The molecule has 0 radical (unpaired) electrons. The summed E-state index contributed by atoms with van der Waals surface area (Å²) >= 11 is 1.82. The average Bonchev–Trinajstić information content (AvgIpc) is 3.64. The molecule has 42 heavy (non-hydrogen) atoms. The van der Waals surface area contributed by atoms with Gasteiger partial charge in [0, 0.05) is 15.3 Å². The van der Waals surface area contributed by atoms with Crippen LogP contribution in [0.1, 0.15) is 11.1 Å². The fourth-order valence-corrected chi connectivity index (χ4v) is 11.2. The van der Waals surface area contributed by atoms with Crippen LogP contribution in [0, 0.1) is 17.9 Å². The molecule has 0 fully saturated rings. The lowest BCUT2D eigenvalue weighted by molar-refractivity contribution is 1.49. The maximum absolute atomic E-state index is 9.67. The van der Waals surface area contributed by atoms with Crippen molar-refractivity contribution in [1.29, 1.82) is 5.26 Å². The standard InChI is InChI=1S/C38H24N2SSi/c1-40-32(22-39)37-27-11-5-4-9-24(27)31-21-23(15-16-30(31)37)33-19-20-34(41-33)25-17-18-29-26-10-6-7-13-35(26)42(2,3)36-14-8-12-28(25)38(29)36/h4-21H,2-3H3/b37-32-. The second-order valence-corrected chi connectivity index (χ2v) is 16.9. The summed E-state index contributed by atoms with van der Waals surface area (Å²) < 4.78 is 0. The van der Waals surface area contributed by atoms with E-state index in [1.807, 2.05) is 29.5 Å². The van der Waals surface area contributed by atoms with Crippen LogP contribution in [0.15, 0.2) is 115 Å². The van der Waals surface area contributed by atoms with Crippen LogP contribution in [0.5, 0.6) is 0 Å². The van der Waals surface area contributed by atoms with Crippen molar-refractivity contribution in [2.75, 3.05) is 0 Å². The van der Waals surface area contributed by atoms with E-state index in [2.05, 4.69) is 115 Å². The summed E-state index contributed by atoms with van der Waals surface area (Å²) in [5.41, 5.74) is 10.1. The number of rotatable bonds is 2. The highest BCUT2D eigenvalue weighted by Gasteiger charge is 2.35.